The molecule has 0 unspecified atom stereocenters. The van der Waals surface area contributed by atoms with E-state index in [1.54, 1.807) is 11.7 Å². The zero-order valence-electron chi connectivity index (χ0n) is 10.7. The van der Waals surface area contributed by atoms with E-state index in [0.717, 1.165) is 25.1 Å². The van der Waals surface area contributed by atoms with E-state index in [1.165, 1.54) is 0 Å². The van der Waals surface area contributed by atoms with Gasteiger partial charge in [0.05, 0.1) is 12.0 Å². The van der Waals surface area contributed by atoms with Crippen LogP contribution in [0.15, 0.2) is 0 Å². The van der Waals surface area contributed by atoms with E-state index < -0.39 is 0 Å². The maximum absolute atomic E-state index is 12.1. The van der Waals surface area contributed by atoms with E-state index in [2.05, 4.69) is 15.5 Å². The summed E-state index contributed by atoms with van der Waals surface area (Å²) in [5.74, 6) is 0.823. The monoisotopic (exact) mass is 270 g/mol. The van der Waals surface area contributed by atoms with Gasteiger partial charge in [-0.15, -0.1) is 0 Å². The number of nitrogens with zero attached hydrogens (tertiary/aromatic N) is 2. The normalized spacial score (nSPS) is 16.6. The first-order valence-corrected chi connectivity index (χ1v) is 6.37. The van der Waals surface area contributed by atoms with Crippen LogP contribution >= 0.6 is 12.2 Å². The van der Waals surface area contributed by atoms with Crippen LogP contribution in [0.5, 0.6) is 0 Å². The van der Waals surface area contributed by atoms with E-state index in [1.807, 2.05) is 7.05 Å². The maximum Gasteiger partial charge on any atom is 0.226 e. The number of hydrogen-bond acceptors (Lipinski definition) is 4. The van der Waals surface area contributed by atoms with Gasteiger partial charge in [0, 0.05) is 20.8 Å². The first kappa shape index (κ1) is 13.2. The van der Waals surface area contributed by atoms with Gasteiger partial charge in [0.1, 0.15) is 0 Å². The van der Waals surface area contributed by atoms with Crippen molar-refractivity contribution in [3.8, 4) is 0 Å². The second kappa shape index (κ2) is 5.19. The molecule has 100 valence electrons. The highest BCUT2D eigenvalue weighted by Crippen LogP contribution is 2.48. The Morgan fingerprint density at radius 2 is 2.39 bits per heavy atom. The largest absolute Gasteiger partial charge is 0.385 e. The molecule has 0 aromatic carbocycles. The molecule has 1 aliphatic carbocycles. The van der Waals surface area contributed by atoms with Gasteiger partial charge in [0.2, 0.25) is 5.91 Å². The molecule has 1 aromatic rings. The third-order valence-electron chi connectivity index (χ3n) is 3.50. The molecule has 2 rings (SSSR count). The summed E-state index contributed by atoms with van der Waals surface area (Å²) in [7, 11) is 3.48. The second-order valence-electron chi connectivity index (χ2n) is 4.71. The third-order valence-corrected chi connectivity index (χ3v) is 3.86. The SMILES string of the molecule is COCCC1(C(=O)NCc2n[nH]c(=S)n2C)CC1. The number of nitrogens with one attached hydrogen (secondary N) is 2. The van der Waals surface area contributed by atoms with Crippen LogP contribution in [0, 0.1) is 10.2 Å². The van der Waals surface area contributed by atoms with Gasteiger partial charge in [0.15, 0.2) is 10.6 Å². The van der Waals surface area contributed by atoms with Crippen LogP contribution in [-0.2, 0) is 23.1 Å². The lowest BCUT2D eigenvalue weighted by molar-refractivity contribution is -0.127. The molecule has 0 aliphatic heterocycles. The molecule has 7 heteroatoms. The maximum atomic E-state index is 12.1. The Kier molecular flexibility index (Phi) is 3.82. The summed E-state index contributed by atoms with van der Waals surface area (Å²) in [5.41, 5.74) is -0.207. The minimum atomic E-state index is -0.207. The number of aromatic amines is 1. The summed E-state index contributed by atoms with van der Waals surface area (Å²) < 4.78 is 7.35. The number of carbonyl (C=O) groups is 1. The van der Waals surface area contributed by atoms with Crippen molar-refractivity contribution in [2.75, 3.05) is 13.7 Å². The third kappa shape index (κ3) is 2.62. The van der Waals surface area contributed by atoms with Crippen molar-refractivity contribution in [3.05, 3.63) is 10.6 Å². The van der Waals surface area contributed by atoms with Crippen LogP contribution in [0.3, 0.4) is 0 Å². The molecule has 6 nitrogen and oxygen atoms in total. The molecule has 18 heavy (non-hydrogen) atoms. The van der Waals surface area contributed by atoms with Crippen molar-refractivity contribution in [2.45, 2.75) is 25.8 Å². The highest BCUT2D eigenvalue weighted by atomic mass is 32.1. The van der Waals surface area contributed by atoms with E-state index >= 15 is 0 Å². The van der Waals surface area contributed by atoms with Gasteiger partial charge in [-0.05, 0) is 31.5 Å². The second-order valence-corrected chi connectivity index (χ2v) is 5.10. The van der Waals surface area contributed by atoms with Gasteiger partial charge in [-0.2, -0.15) is 5.10 Å². The van der Waals surface area contributed by atoms with E-state index in [0.29, 0.717) is 17.9 Å². The molecular weight excluding hydrogens is 252 g/mol. The summed E-state index contributed by atoms with van der Waals surface area (Å²) in [5, 5.41) is 9.67. The Labute approximate surface area is 111 Å². The molecular formula is C11H18N4O2S. The number of methoxy groups -OCH3 is 1. The molecule has 1 fully saturated rings. The number of carbonyl (C=O) groups excluding carboxylic acids is 1. The molecule has 0 spiro atoms. The number of aromatic nitrogens is 3. The molecule has 0 bridgehead atoms. The summed E-state index contributed by atoms with van der Waals surface area (Å²) in [6.07, 6.45) is 2.68. The Morgan fingerprint density at radius 3 is 2.89 bits per heavy atom. The van der Waals surface area contributed by atoms with Crippen LogP contribution in [0.2, 0.25) is 0 Å². The van der Waals surface area contributed by atoms with Crippen LogP contribution in [0.4, 0.5) is 0 Å². The first-order valence-electron chi connectivity index (χ1n) is 5.96. The molecule has 2 N–H and O–H groups in total. The quantitative estimate of drug-likeness (QED) is 0.754. The predicted octanol–water partition coefficient (Wildman–Crippen LogP) is 0.911. The summed E-state index contributed by atoms with van der Waals surface area (Å²) in [6, 6.07) is 0. The number of amides is 1. The number of rotatable bonds is 6. The standard InChI is InChI=1S/C11H18N4O2S/c1-15-8(13-14-10(15)18)7-12-9(16)11(3-4-11)5-6-17-2/h3-7H2,1-2H3,(H,12,16)(H,14,18). The highest BCUT2D eigenvalue weighted by Gasteiger charge is 2.49. The lowest BCUT2D eigenvalue weighted by atomic mass is 10.0. The summed E-state index contributed by atoms with van der Waals surface area (Å²) >= 11 is 5.01. The van der Waals surface area contributed by atoms with Gasteiger partial charge >= 0.3 is 0 Å². The fourth-order valence-corrected chi connectivity index (χ4v) is 2.07. The molecule has 0 radical (unpaired) electrons. The average molecular weight is 270 g/mol. The van der Waals surface area contributed by atoms with Gasteiger partial charge in [0.25, 0.3) is 0 Å². The number of ether oxygens (including phenoxy) is 1. The highest BCUT2D eigenvalue weighted by molar-refractivity contribution is 7.71. The van der Waals surface area contributed by atoms with Crippen LogP contribution < -0.4 is 5.32 Å². The minimum Gasteiger partial charge on any atom is -0.385 e. The van der Waals surface area contributed by atoms with Crippen molar-refractivity contribution in [1.29, 1.82) is 0 Å². The number of H-pyrrole nitrogens is 1. The van der Waals surface area contributed by atoms with Crippen molar-refractivity contribution in [1.82, 2.24) is 20.1 Å². The zero-order chi connectivity index (χ0) is 13.2. The molecule has 0 atom stereocenters. The lowest BCUT2D eigenvalue weighted by Crippen LogP contribution is -2.33. The molecule has 1 aliphatic rings. The minimum absolute atomic E-state index is 0.0912. The molecule has 1 heterocycles. The van der Waals surface area contributed by atoms with E-state index in [-0.39, 0.29) is 11.3 Å². The van der Waals surface area contributed by atoms with Crippen LogP contribution in [0.1, 0.15) is 25.1 Å². The Bertz CT molecular complexity index is 489. The van der Waals surface area contributed by atoms with E-state index in [4.69, 9.17) is 17.0 Å². The van der Waals surface area contributed by atoms with Crippen LogP contribution in [-0.4, -0.2) is 34.4 Å². The zero-order valence-corrected chi connectivity index (χ0v) is 11.5. The Balaban J connectivity index is 1.89. The predicted molar refractivity (Wildman–Crippen MR) is 68.4 cm³/mol. The van der Waals surface area contributed by atoms with Crippen molar-refractivity contribution < 1.29 is 9.53 Å². The van der Waals surface area contributed by atoms with Gasteiger partial charge in [-0.3, -0.25) is 9.89 Å². The van der Waals surface area contributed by atoms with Crippen molar-refractivity contribution in [2.24, 2.45) is 12.5 Å². The van der Waals surface area contributed by atoms with Gasteiger partial charge in [-0.1, -0.05) is 0 Å². The topological polar surface area (TPSA) is 71.9 Å². The number of hydrogen-bond donors (Lipinski definition) is 2. The molecule has 1 aromatic heterocycles. The Hall–Kier alpha value is -1.21. The summed E-state index contributed by atoms with van der Waals surface area (Å²) in [6.45, 7) is 1.02. The average Bonchev–Trinajstić information content (AvgIpc) is 3.10. The van der Waals surface area contributed by atoms with Crippen molar-refractivity contribution >= 4 is 18.1 Å². The molecule has 1 saturated carbocycles. The van der Waals surface area contributed by atoms with Crippen molar-refractivity contribution in [3.63, 3.8) is 0 Å². The fraction of sp³-hybridized carbons (Fsp3) is 0.727. The lowest BCUT2D eigenvalue weighted by Gasteiger charge is -2.14. The Morgan fingerprint density at radius 1 is 1.67 bits per heavy atom. The smallest absolute Gasteiger partial charge is 0.226 e. The summed E-state index contributed by atoms with van der Waals surface area (Å²) in [4.78, 5) is 12.1. The molecule has 1 amide bonds. The van der Waals surface area contributed by atoms with E-state index in [9.17, 15) is 4.79 Å². The molecule has 0 saturated heterocycles. The van der Waals surface area contributed by atoms with Gasteiger partial charge < -0.3 is 14.6 Å². The first-order chi connectivity index (χ1) is 8.59. The van der Waals surface area contributed by atoms with Crippen LogP contribution in [0.25, 0.3) is 0 Å². The van der Waals surface area contributed by atoms with Gasteiger partial charge in [-0.25, -0.2) is 0 Å². The fourth-order valence-electron chi connectivity index (χ4n) is 1.92.